The smallest absolute Gasteiger partial charge is 0.302 e. The maximum Gasteiger partial charge on any atom is 0.302 e. The van der Waals surface area contributed by atoms with Crippen LogP contribution in [-0.2, 0) is 9.53 Å². The summed E-state index contributed by atoms with van der Waals surface area (Å²) in [4.78, 5) is 11.3. The summed E-state index contributed by atoms with van der Waals surface area (Å²) < 4.78 is 5.51. The van der Waals surface area contributed by atoms with Gasteiger partial charge in [-0.05, 0) is 25.7 Å². The largest absolute Gasteiger partial charge is 0.463 e. The first-order valence-corrected chi connectivity index (χ1v) is 10.9. The van der Waals surface area contributed by atoms with Crippen LogP contribution in [0.3, 0.4) is 0 Å². The molecule has 0 bridgehead atoms. The highest BCUT2D eigenvalue weighted by molar-refractivity contribution is 5.66. The molecule has 2 heteroatoms. The van der Waals surface area contributed by atoms with Gasteiger partial charge < -0.3 is 4.74 Å². The molecule has 0 rings (SSSR count). The van der Waals surface area contributed by atoms with Crippen LogP contribution in [0.4, 0.5) is 0 Å². The van der Waals surface area contributed by atoms with E-state index in [0.717, 1.165) is 12.8 Å². The molecule has 0 fully saturated rings. The van der Waals surface area contributed by atoms with E-state index in [1.165, 1.54) is 96.3 Å². The van der Waals surface area contributed by atoms with Gasteiger partial charge in [0.25, 0.3) is 0 Å². The summed E-state index contributed by atoms with van der Waals surface area (Å²) in [6.45, 7) is 6.07. The van der Waals surface area contributed by atoms with Crippen LogP contribution in [0.25, 0.3) is 0 Å². The predicted octanol–water partition coefficient (Wildman–Crippen LogP) is 7.59. The number of rotatable bonds is 18. The Bertz CT molecular complexity index is 263. The number of unbranched alkanes of at least 4 members (excludes halogenated alkanes) is 13. The minimum atomic E-state index is -0.109. The minimum Gasteiger partial charge on any atom is -0.463 e. The van der Waals surface area contributed by atoms with Crippen molar-refractivity contribution in [1.82, 2.24) is 0 Å². The van der Waals surface area contributed by atoms with E-state index in [2.05, 4.69) is 13.8 Å². The molecule has 144 valence electrons. The van der Waals surface area contributed by atoms with Crippen molar-refractivity contribution in [3.63, 3.8) is 0 Å². The van der Waals surface area contributed by atoms with Gasteiger partial charge in [-0.1, -0.05) is 97.3 Å². The molecule has 0 saturated carbocycles. The van der Waals surface area contributed by atoms with Crippen molar-refractivity contribution in [2.45, 2.75) is 136 Å². The molecular weight excluding hydrogens is 296 g/mol. The fourth-order valence-corrected chi connectivity index (χ4v) is 3.33. The molecule has 0 aliphatic rings. The zero-order valence-corrected chi connectivity index (χ0v) is 16.9. The van der Waals surface area contributed by atoms with E-state index in [1.54, 1.807) is 6.92 Å². The molecule has 0 aromatic carbocycles. The first-order chi connectivity index (χ1) is 11.7. The van der Waals surface area contributed by atoms with Gasteiger partial charge in [-0.25, -0.2) is 0 Å². The molecule has 1 unspecified atom stereocenters. The highest BCUT2D eigenvalue weighted by Gasteiger charge is 2.11. The second kappa shape index (κ2) is 18.8. The highest BCUT2D eigenvalue weighted by atomic mass is 16.5. The molecule has 0 heterocycles. The van der Waals surface area contributed by atoms with Gasteiger partial charge in [-0.2, -0.15) is 0 Å². The molecule has 0 saturated heterocycles. The average Bonchev–Trinajstić information content (AvgIpc) is 2.55. The predicted molar refractivity (Wildman–Crippen MR) is 105 cm³/mol. The van der Waals surface area contributed by atoms with Crippen LogP contribution in [0.1, 0.15) is 130 Å². The standard InChI is InChI=1S/C22H44O2/c1-4-6-8-10-12-13-14-16-18-20-22(24-21(3)23)19-17-15-11-9-7-5-2/h22H,4-20H2,1-3H3. The fraction of sp³-hybridized carbons (Fsp3) is 0.955. The topological polar surface area (TPSA) is 26.3 Å². The second-order valence-electron chi connectivity index (χ2n) is 7.40. The van der Waals surface area contributed by atoms with Crippen molar-refractivity contribution in [3.05, 3.63) is 0 Å². The Morgan fingerprint density at radius 2 is 0.958 bits per heavy atom. The summed E-state index contributed by atoms with van der Waals surface area (Å²) in [5.41, 5.74) is 0. The zero-order valence-electron chi connectivity index (χ0n) is 16.9. The third kappa shape index (κ3) is 17.8. The molecule has 0 aromatic rings. The van der Waals surface area contributed by atoms with E-state index >= 15 is 0 Å². The van der Waals surface area contributed by atoms with Crippen molar-refractivity contribution in [2.24, 2.45) is 0 Å². The van der Waals surface area contributed by atoms with Crippen molar-refractivity contribution in [1.29, 1.82) is 0 Å². The van der Waals surface area contributed by atoms with Crippen molar-refractivity contribution < 1.29 is 9.53 Å². The van der Waals surface area contributed by atoms with E-state index in [-0.39, 0.29) is 12.1 Å². The third-order valence-corrected chi connectivity index (χ3v) is 4.84. The van der Waals surface area contributed by atoms with Gasteiger partial charge in [0.05, 0.1) is 0 Å². The van der Waals surface area contributed by atoms with Gasteiger partial charge in [0.15, 0.2) is 0 Å². The maximum atomic E-state index is 11.3. The number of ether oxygens (including phenoxy) is 1. The fourth-order valence-electron chi connectivity index (χ4n) is 3.33. The monoisotopic (exact) mass is 340 g/mol. The number of hydrogen-bond acceptors (Lipinski definition) is 2. The van der Waals surface area contributed by atoms with Crippen molar-refractivity contribution in [3.8, 4) is 0 Å². The lowest BCUT2D eigenvalue weighted by Gasteiger charge is -2.17. The van der Waals surface area contributed by atoms with E-state index in [4.69, 9.17) is 4.74 Å². The van der Waals surface area contributed by atoms with Crippen LogP contribution in [0, 0.1) is 0 Å². The van der Waals surface area contributed by atoms with E-state index in [0.29, 0.717) is 0 Å². The average molecular weight is 341 g/mol. The summed E-state index contributed by atoms with van der Waals surface area (Å²) in [6, 6.07) is 0. The Hall–Kier alpha value is -0.530. The molecule has 0 radical (unpaired) electrons. The van der Waals surface area contributed by atoms with Crippen molar-refractivity contribution >= 4 is 5.97 Å². The lowest BCUT2D eigenvalue weighted by Crippen LogP contribution is -2.16. The zero-order chi connectivity index (χ0) is 17.9. The molecular formula is C22H44O2. The SMILES string of the molecule is CCCCCCCCCCCC(CCCCCCCC)OC(C)=O. The Kier molecular flexibility index (Phi) is 18.4. The van der Waals surface area contributed by atoms with Gasteiger partial charge in [0.2, 0.25) is 0 Å². The number of hydrogen-bond donors (Lipinski definition) is 0. The van der Waals surface area contributed by atoms with Crippen LogP contribution in [0.5, 0.6) is 0 Å². The first kappa shape index (κ1) is 23.5. The molecule has 0 aromatic heterocycles. The van der Waals surface area contributed by atoms with Gasteiger partial charge in [0, 0.05) is 6.92 Å². The van der Waals surface area contributed by atoms with E-state index in [1.807, 2.05) is 0 Å². The molecule has 0 aliphatic heterocycles. The van der Waals surface area contributed by atoms with Gasteiger partial charge in [-0.15, -0.1) is 0 Å². The Morgan fingerprint density at radius 3 is 1.29 bits per heavy atom. The molecule has 1 atom stereocenters. The molecule has 2 nitrogen and oxygen atoms in total. The number of carbonyl (C=O) groups excluding carboxylic acids is 1. The third-order valence-electron chi connectivity index (χ3n) is 4.84. The molecule has 0 N–H and O–H groups in total. The van der Waals surface area contributed by atoms with E-state index < -0.39 is 0 Å². The highest BCUT2D eigenvalue weighted by Crippen LogP contribution is 2.17. The Balaban J connectivity index is 3.59. The molecule has 0 amide bonds. The summed E-state index contributed by atoms with van der Waals surface area (Å²) >= 11 is 0. The lowest BCUT2D eigenvalue weighted by atomic mass is 10.0. The number of esters is 1. The Labute approximate surface area is 152 Å². The molecule has 24 heavy (non-hydrogen) atoms. The van der Waals surface area contributed by atoms with E-state index in [9.17, 15) is 4.79 Å². The molecule has 0 aliphatic carbocycles. The van der Waals surface area contributed by atoms with Crippen LogP contribution in [-0.4, -0.2) is 12.1 Å². The maximum absolute atomic E-state index is 11.3. The van der Waals surface area contributed by atoms with Crippen LogP contribution in [0.2, 0.25) is 0 Å². The van der Waals surface area contributed by atoms with Crippen molar-refractivity contribution in [2.75, 3.05) is 0 Å². The second-order valence-corrected chi connectivity index (χ2v) is 7.40. The Morgan fingerprint density at radius 1 is 0.625 bits per heavy atom. The van der Waals surface area contributed by atoms with Crippen LogP contribution < -0.4 is 0 Å². The van der Waals surface area contributed by atoms with Crippen LogP contribution >= 0.6 is 0 Å². The quantitative estimate of drug-likeness (QED) is 0.190. The van der Waals surface area contributed by atoms with Gasteiger partial charge in [-0.3, -0.25) is 4.79 Å². The normalized spacial score (nSPS) is 12.3. The number of carbonyl (C=O) groups is 1. The summed E-state index contributed by atoms with van der Waals surface area (Å²) in [7, 11) is 0. The molecule has 0 spiro atoms. The summed E-state index contributed by atoms with van der Waals surface area (Å²) in [5, 5.41) is 0. The lowest BCUT2D eigenvalue weighted by molar-refractivity contribution is -0.147. The van der Waals surface area contributed by atoms with Crippen LogP contribution in [0.15, 0.2) is 0 Å². The van der Waals surface area contributed by atoms with Gasteiger partial charge >= 0.3 is 5.97 Å². The first-order valence-electron chi connectivity index (χ1n) is 10.9. The summed E-state index contributed by atoms with van der Waals surface area (Å²) in [6.07, 6.45) is 22.3. The van der Waals surface area contributed by atoms with Gasteiger partial charge in [0.1, 0.15) is 6.10 Å². The summed E-state index contributed by atoms with van der Waals surface area (Å²) in [5.74, 6) is -0.109. The minimum absolute atomic E-state index is 0.109.